The second-order valence-corrected chi connectivity index (χ2v) is 23.1. The average molecular weight is 936 g/mol. The lowest BCUT2D eigenvalue weighted by atomic mass is 9.78. The lowest BCUT2D eigenvalue weighted by molar-refractivity contribution is -0.157. The zero-order valence-corrected chi connectivity index (χ0v) is 41.2. The number of hydrogen-bond donors (Lipinski definition) is 4. The molecule has 6 rings (SSSR count). The van der Waals surface area contributed by atoms with Gasteiger partial charge in [-0.1, -0.05) is 97.6 Å². The lowest BCUT2D eigenvalue weighted by Gasteiger charge is -2.39. The summed E-state index contributed by atoms with van der Waals surface area (Å²) in [5.74, 6) is -4.93. The monoisotopic (exact) mass is 935 g/mol. The third kappa shape index (κ3) is 14.5. The van der Waals surface area contributed by atoms with Crippen LogP contribution in [0.25, 0.3) is 10.9 Å². The highest BCUT2D eigenvalue weighted by molar-refractivity contribution is 7.57. The third-order valence-corrected chi connectivity index (χ3v) is 14.9. The Bertz CT molecular complexity index is 2460. The maximum Gasteiger partial charge on any atom is 0.307 e. The molecule has 0 saturated heterocycles. The Balaban J connectivity index is 1.43. The van der Waals surface area contributed by atoms with Crippen LogP contribution in [0.5, 0.6) is 0 Å². The summed E-state index contributed by atoms with van der Waals surface area (Å²) in [6.07, 6.45) is 8.78. The van der Waals surface area contributed by atoms with Gasteiger partial charge in [-0.05, 0) is 114 Å². The Labute approximate surface area is 395 Å². The van der Waals surface area contributed by atoms with Gasteiger partial charge in [0.15, 0.2) is 0 Å². The standard InChI is InChI=1S/C53H70N5O8P/c1-36-19-24-45-41(29-36)25-28-58(45)33-39-17-14-18-42(40-22-20-38(21-23-40)35-67(64,66-52(5,6)7)34-37-15-10-8-11-16-37)43(30-47(60)65-51(2,3)4)48(61)57-53(26-12-9-13-27-53)50(63)56-44(31-46(54)59)49(62)55-32-39/h8,10-11,14-16,18-25,28-29,39,42-44H,9,12-13,17,26-27,30-35H2,1-7H3,(H2,54,59)(H,55,62)(H,56,63)(H,57,61)/b18-14+/t39-,42-,43+,44+,67?/m1/s1. The van der Waals surface area contributed by atoms with Gasteiger partial charge in [-0.3, -0.25) is 28.5 Å². The maximum absolute atomic E-state index is 15.1. The van der Waals surface area contributed by atoms with Crippen LogP contribution in [-0.2, 0) is 56.7 Å². The van der Waals surface area contributed by atoms with Crippen molar-refractivity contribution in [3.63, 3.8) is 0 Å². The second-order valence-electron chi connectivity index (χ2n) is 20.6. The molecule has 2 heterocycles. The Morgan fingerprint density at radius 1 is 0.836 bits per heavy atom. The van der Waals surface area contributed by atoms with E-state index in [1.165, 1.54) is 0 Å². The molecule has 0 bridgehead atoms. The molecular formula is C53H70N5O8P. The van der Waals surface area contributed by atoms with E-state index in [0.717, 1.165) is 39.6 Å². The number of nitrogens with one attached hydrogen (secondary N) is 3. The Hall–Kier alpha value is -5.52. The normalized spacial score (nSPS) is 22.3. The molecule has 4 aromatic rings. The first-order valence-corrected chi connectivity index (χ1v) is 25.6. The zero-order chi connectivity index (χ0) is 48.6. The van der Waals surface area contributed by atoms with Crippen LogP contribution in [0.3, 0.4) is 0 Å². The highest BCUT2D eigenvalue weighted by Gasteiger charge is 2.45. The van der Waals surface area contributed by atoms with Gasteiger partial charge in [-0.25, -0.2) is 0 Å². The Morgan fingerprint density at radius 2 is 1.51 bits per heavy atom. The first-order chi connectivity index (χ1) is 31.6. The zero-order valence-electron chi connectivity index (χ0n) is 40.3. The molecule has 0 radical (unpaired) electrons. The SMILES string of the molecule is Cc1ccc2c(ccn2C[C@@H]2C/C=C/[C@H](c3ccc(CP(=O)(Cc4ccccc4)OC(C)(C)C)cc3)[C@H](CC(=O)OC(C)(C)C)C(=O)NC3(CCCCC3)C(=O)N[C@@H](CC(N)=O)C(=O)NC2)c1. The summed E-state index contributed by atoms with van der Waals surface area (Å²) in [7, 11) is -3.26. The largest absolute Gasteiger partial charge is 0.460 e. The summed E-state index contributed by atoms with van der Waals surface area (Å²) in [5.41, 5.74) is 7.30. The number of primary amides is 1. The molecule has 1 aliphatic carbocycles. The molecule has 67 heavy (non-hydrogen) atoms. The number of hydrogen-bond acceptors (Lipinski definition) is 8. The summed E-state index contributed by atoms with van der Waals surface area (Å²) in [6, 6.07) is 24.3. The van der Waals surface area contributed by atoms with Crippen molar-refractivity contribution in [2.45, 2.75) is 147 Å². The van der Waals surface area contributed by atoms with Crippen molar-refractivity contribution in [3.05, 3.63) is 119 Å². The van der Waals surface area contributed by atoms with Crippen LogP contribution < -0.4 is 21.7 Å². The van der Waals surface area contributed by atoms with Crippen LogP contribution in [0, 0.1) is 18.8 Å². The average Bonchev–Trinajstić information content (AvgIpc) is 3.63. The Kier molecular flexibility index (Phi) is 16.4. The molecule has 14 heteroatoms. The summed E-state index contributed by atoms with van der Waals surface area (Å²) in [4.78, 5) is 69.9. The predicted octanol–water partition coefficient (Wildman–Crippen LogP) is 8.75. The number of allylic oxidation sites excluding steroid dienone is 2. The second kappa shape index (κ2) is 21.6. The molecule has 4 amide bonds. The first-order valence-electron chi connectivity index (χ1n) is 23.6. The highest BCUT2D eigenvalue weighted by Crippen LogP contribution is 2.56. The van der Waals surface area contributed by atoms with Gasteiger partial charge in [0.1, 0.15) is 17.2 Å². The number of amides is 4. The molecule has 360 valence electrons. The van der Waals surface area contributed by atoms with E-state index >= 15 is 4.79 Å². The number of rotatable bonds is 12. The van der Waals surface area contributed by atoms with Crippen molar-refractivity contribution >= 4 is 47.9 Å². The molecule has 1 aromatic heterocycles. The van der Waals surface area contributed by atoms with Crippen LogP contribution in [-0.4, -0.2) is 63.5 Å². The van der Waals surface area contributed by atoms with Gasteiger partial charge in [0, 0.05) is 30.7 Å². The van der Waals surface area contributed by atoms with E-state index in [0.29, 0.717) is 25.8 Å². The van der Waals surface area contributed by atoms with E-state index in [1.807, 2.05) is 101 Å². The number of ether oxygens (including phenoxy) is 1. The van der Waals surface area contributed by atoms with E-state index in [2.05, 4.69) is 44.8 Å². The van der Waals surface area contributed by atoms with Crippen molar-refractivity contribution in [3.8, 4) is 0 Å². The van der Waals surface area contributed by atoms with Gasteiger partial charge in [0.05, 0.1) is 36.7 Å². The molecule has 5 N–H and O–H groups in total. The van der Waals surface area contributed by atoms with Crippen molar-refractivity contribution in [2.75, 3.05) is 6.54 Å². The molecule has 1 aliphatic heterocycles. The van der Waals surface area contributed by atoms with Gasteiger partial charge in [0.25, 0.3) is 0 Å². The van der Waals surface area contributed by atoms with E-state index < -0.39 is 78.0 Å². The number of nitrogens with two attached hydrogens (primary N) is 1. The molecule has 3 aromatic carbocycles. The minimum absolute atomic E-state index is 0.178. The maximum atomic E-state index is 15.1. The van der Waals surface area contributed by atoms with Crippen LogP contribution in [0.4, 0.5) is 0 Å². The number of carbonyl (C=O) groups is 5. The number of esters is 1. The smallest absolute Gasteiger partial charge is 0.307 e. The van der Waals surface area contributed by atoms with Gasteiger partial charge in [0.2, 0.25) is 31.0 Å². The van der Waals surface area contributed by atoms with Gasteiger partial charge >= 0.3 is 5.97 Å². The van der Waals surface area contributed by atoms with E-state index in [9.17, 15) is 23.7 Å². The quantitative estimate of drug-likeness (QED) is 0.0617. The van der Waals surface area contributed by atoms with Crippen molar-refractivity contribution in [2.24, 2.45) is 17.6 Å². The van der Waals surface area contributed by atoms with Crippen LogP contribution in [0.15, 0.2) is 97.2 Å². The third-order valence-electron chi connectivity index (χ3n) is 12.4. The van der Waals surface area contributed by atoms with E-state index in [4.69, 9.17) is 15.0 Å². The van der Waals surface area contributed by atoms with Gasteiger partial charge < -0.3 is 35.5 Å². The number of benzene rings is 3. The fourth-order valence-electron chi connectivity index (χ4n) is 9.39. The Morgan fingerprint density at radius 3 is 2.15 bits per heavy atom. The fourth-order valence-corrected chi connectivity index (χ4v) is 12.2. The number of carbonyl (C=O) groups excluding carboxylic acids is 5. The topological polar surface area (TPSA) is 188 Å². The van der Waals surface area contributed by atoms with Crippen molar-refractivity contribution < 1.29 is 37.8 Å². The van der Waals surface area contributed by atoms with Gasteiger partial charge in [-0.15, -0.1) is 0 Å². The number of aryl methyl sites for hydroxylation is 1. The predicted molar refractivity (Wildman–Crippen MR) is 262 cm³/mol. The number of nitrogens with zero attached hydrogens (tertiary/aromatic N) is 1. The highest BCUT2D eigenvalue weighted by atomic mass is 31.2. The first kappa shape index (κ1) is 50.9. The lowest BCUT2D eigenvalue weighted by Crippen LogP contribution is -2.64. The molecule has 1 saturated carbocycles. The van der Waals surface area contributed by atoms with Crippen LogP contribution in [0.1, 0.15) is 121 Å². The van der Waals surface area contributed by atoms with E-state index in [-0.39, 0.29) is 44.0 Å². The summed E-state index contributed by atoms with van der Waals surface area (Å²) in [6.45, 7) is 13.7. The summed E-state index contributed by atoms with van der Waals surface area (Å²) in [5, 5.41) is 10.0. The number of fused-ring (bicyclic) bond motifs is 1. The molecule has 1 spiro atoms. The summed E-state index contributed by atoms with van der Waals surface area (Å²) >= 11 is 0. The minimum atomic E-state index is -3.26. The molecule has 1 fully saturated rings. The number of aromatic nitrogens is 1. The van der Waals surface area contributed by atoms with Crippen molar-refractivity contribution in [1.82, 2.24) is 20.5 Å². The van der Waals surface area contributed by atoms with Crippen molar-refractivity contribution in [1.29, 1.82) is 0 Å². The van der Waals surface area contributed by atoms with Crippen LogP contribution in [0.2, 0.25) is 0 Å². The minimum Gasteiger partial charge on any atom is -0.460 e. The molecule has 13 nitrogen and oxygen atoms in total. The van der Waals surface area contributed by atoms with Crippen LogP contribution >= 0.6 is 7.37 Å². The fraction of sp³-hybridized carbons (Fsp3) is 0.491. The molecule has 5 atom stereocenters. The molecule has 2 aliphatic rings. The summed E-state index contributed by atoms with van der Waals surface area (Å²) < 4.78 is 29.0. The molecule has 1 unspecified atom stereocenters. The van der Waals surface area contributed by atoms with E-state index in [1.54, 1.807) is 20.8 Å². The molecular weight excluding hydrogens is 866 g/mol. The van der Waals surface area contributed by atoms with Gasteiger partial charge in [-0.2, -0.15) is 0 Å².